The largest absolute Gasteiger partial charge is 0.393 e. The van der Waals surface area contributed by atoms with Crippen LogP contribution in [0.25, 0.3) is 0 Å². The first-order chi connectivity index (χ1) is 4.81. The molecule has 1 N–H and O–H groups in total. The summed E-state index contributed by atoms with van der Waals surface area (Å²) in [6.07, 6.45) is 5.07. The number of halogens is 1. The van der Waals surface area contributed by atoms with Crippen LogP contribution in [0.15, 0.2) is 12.7 Å². The van der Waals surface area contributed by atoms with Crippen molar-refractivity contribution in [2.45, 2.75) is 31.8 Å². The molecule has 0 radical (unpaired) electrons. The van der Waals surface area contributed by atoms with Crippen LogP contribution in [-0.2, 0) is 0 Å². The van der Waals surface area contributed by atoms with Gasteiger partial charge < -0.3 is 5.11 Å². The van der Waals surface area contributed by atoms with Gasteiger partial charge in [0.25, 0.3) is 0 Å². The molecule has 0 amide bonds. The normalized spacial score (nSPS) is 13.0. The first-order valence-electron chi connectivity index (χ1n) is 3.66. The fourth-order valence-corrected chi connectivity index (χ4v) is 0.922. The highest BCUT2D eigenvalue weighted by atomic mass is 35.5. The maximum absolute atomic E-state index is 9.20. The minimum Gasteiger partial charge on any atom is -0.393 e. The summed E-state index contributed by atoms with van der Waals surface area (Å²) in [5.74, 6) is 0.644. The molecule has 0 saturated carbocycles. The molecule has 1 unspecified atom stereocenters. The Morgan fingerprint density at radius 1 is 1.50 bits per heavy atom. The van der Waals surface area contributed by atoms with E-state index in [1.54, 1.807) is 0 Å². The smallest absolute Gasteiger partial charge is 0.0543 e. The maximum atomic E-state index is 9.20. The summed E-state index contributed by atoms with van der Waals surface area (Å²) in [5.41, 5.74) is 0. The highest BCUT2D eigenvalue weighted by Crippen LogP contribution is 2.05. The van der Waals surface area contributed by atoms with Crippen LogP contribution in [-0.4, -0.2) is 17.1 Å². The number of aliphatic hydroxyl groups excluding tert-OH is 1. The summed E-state index contributed by atoms with van der Waals surface area (Å²) in [5, 5.41) is 9.20. The van der Waals surface area contributed by atoms with Gasteiger partial charge in [0, 0.05) is 5.88 Å². The molecule has 0 fully saturated rings. The Hall–Kier alpha value is -0.0100. The van der Waals surface area contributed by atoms with Gasteiger partial charge in [-0.15, -0.1) is 18.2 Å². The van der Waals surface area contributed by atoms with E-state index < -0.39 is 0 Å². The van der Waals surface area contributed by atoms with Crippen molar-refractivity contribution in [3.8, 4) is 0 Å². The summed E-state index contributed by atoms with van der Waals surface area (Å²) >= 11 is 5.45. The van der Waals surface area contributed by atoms with Crippen LogP contribution < -0.4 is 0 Å². The Morgan fingerprint density at radius 3 is 2.70 bits per heavy atom. The van der Waals surface area contributed by atoms with E-state index in [1.807, 2.05) is 6.08 Å². The van der Waals surface area contributed by atoms with Gasteiger partial charge in [0.15, 0.2) is 0 Å². The third kappa shape index (κ3) is 6.12. The molecule has 0 aliphatic carbocycles. The van der Waals surface area contributed by atoms with Gasteiger partial charge in [-0.2, -0.15) is 0 Å². The quantitative estimate of drug-likeness (QED) is 0.470. The molecule has 0 saturated heterocycles. The SMILES string of the molecule is C=CCCC(O)CCCCl. The Kier molecular flexibility index (Phi) is 7.09. The van der Waals surface area contributed by atoms with Gasteiger partial charge in [0.05, 0.1) is 6.10 Å². The van der Waals surface area contributed by atoms with Crippen LogP contribution in [0.2, 0.25) is 0 Å². The van der Waals surface area contributed by atoms with Crippen molar-refractivity contribution in [2.75, 3.05) is 5.88 Å². The van der Waals surface area contributed by atoms with Crippen LogP contribution in [0.5, 0.6) is 0 Å². The molecule has 0 aliphatic rings. The molecule has 0 aromatic rings. The summed E-state index contributed by atoms with van der Waals surface area (Å²) in [4.78, 5) is 0. The molecule has 0 spiro atoms. The topological polar surface area (TPSA) is 20.2 Å². The fraction of sp³-hybridized carbons (Fsp3) is 0.750. The van der Waals surface area contributed by atoms with Gasteiger partial charge in [-0.25, -0.2) is 0 Å². The van der Waals surface area contributed by atoms with E-state index in [4.69, 9.17) is 11.6 Å². The number of aliphatic hydroxyl groups is 1. The fourth-order valence-electron chi connectivity index (χ4n) is 0.767. The average Bonchev–Trinajstić information content (AvgIpc) is 1.97. The maximum Gasteiger partial charge on any atom is 0.0543 e. The zero-order chi connectivity index (χ0) is 7.82. The van der Waals surface area contributed by atoms with Gasteiger partial charge in [-0.1, -0.05) is 6.08 Å². The zero-order valence-electron chi connectivity index (χ0n) is 6.22. The molecule has 0 aromatic carbocycles. The molecule has 2 heteroatoms. The van der Waals surface area contributed by atoms with Gasteiger partial charge in [0.2, 0.25) is 0 Å². The number of rotatable bonds is 6. The number of hydrogen-bond acceptors (Lipinski definition) is 1. The Morgan fingerprint density at radius 2 is 2.20 bits per heavy atom. The van der Waals surface area contributed by atoms with Crippen molar-refractivity contribution in [3.05, 3.63) is 12.7 Å². The molecule has 0 rings (SSSR count). The predicted molar refractivity (Wildman–Crippen MR) is 45.4 cm³/mol. The molecule has 60 valence electrons. The van der Waals surface area contributed by atoms with E-state index in [-0.39, 0.29) is 6.10 Å². The van der Waals surface area contributed by atoms with Crippen molar-refractivity contribution in [1.29, 1.82) is 0 Å². The first-order valence-corrected chi connectivity index (χ1v) is 4.19. The molecule has 0 aromatic heterocycles. The van der Waals surface area contributed by atoms with Gasteiger partial charge in [0.1, 0.15) is 0 Å². The Bertz CT molecular complexity index is 83.3. The van der Waals surface area contributed by atoms with Crippen LogP contribution in [0.3, 0.4) is 0 Å². The zero-order valence-corrected chi connectivity index (χ0v) is 6.98. The summed E-state index contributed by atoms with van der Waals surface area (Å²) in [6.45, 7) is 3.58. The van der Waals surface area contributed by atoms with Gasteiger partial charge >= 0.3 is 0 Å². The second-order valence-corrected chi connectivity index (χ2v) is 2.73. The molecule has 0 bridgehead atoms. The van der Waals surface area contributed by atoms with Crippen LogP contribution in [0, 0.1) is 0 Å². The predicted octanol–water partition coefficient (Wildman–Crippen LogP) is 2.33. The first kappa shape index (κ1) is 9.99. The number of hydrogen-bond donors (Lipinski definition) is 1. The highest BCUT2D eigenvalue weighted by molar-refractivity contribution is 6.17. The third-order valence-corrected chi connectivity index (χ3v) is 1.64. The Labute approximate surface area is 67.7 Å². The third-order valence-electron chi connectivity index (χ3n) is 1.37. The summed E-state index contributed by atoms with van der Waals surface area (Å²) < 4.78 is 0. The standard InChI is InChI=1S/C8H15ClO/c1-2-3-5-8(10)6-4-7-9/h2,8,10H,1,3-7H2. The Balaban J connectivity index is 3.07. The molecular formula is C8H15ClO. The lowest BCUT2D eigenvalue weighted by Gasteiger charge is -2.06. The van der Waals surface area contributed by atoms with E-state index in [0.717, 1.165) is 25.7 Å². The monoisotopic (exact) mass is 162 g/mol. The summed E-state index contributed by atoms with van der Waals surface area (Å²) in [6, 6.07) is 0. The van der Waals surface area contributed by atoms with E-state index in [1.165, 1.54) is 0 Å². The highest BCUT2D eigenvalue weighted by Gasteiger charge is 2.00. The van der Waals surface area contributed by atoms with Crippen LogP contribution in [0.1, 0.15) is 25.7 Å². The molecule has 1 nitrogen and oxygen atoms in total. The van der Waals surface area contributed by atoms with Crippen molar-refractivity contribution in [3.63, 3.8) is 0 Å². The number of allylic oxidation sites excluding steroid dienone is 1. The van der Waals surface area contributed by atoms with Crippen molar-refractivity contribution < 1.29 is 5.11 Å². The summed E-state index contributed by atoms with van der Waals surface area (Å²) in [7, 11) is 0. The number of alkyl halides is 1. The van der Waals surface area contributed by atoms with Crippen LogP contribution in [0.4, 0.5) is 0 Å². The lowest BCUT2D eigenvalue weighted by atomic mass is 10.1. The lowest BCUT2D eigenvalue weighted by molar-refractivity contribution is 0.155. The minimum absolute atomic E-state index is 0.184. The molecule has 10 heavy (non-hydrogen) atoms. The molecular weight excluding hydrogens is 148 g/mol. The van der Waals surface area contributed by atoms with E-state index in [2.05, 4.69) is 6.58 Å². The average molecular weight is 163 g/mol. The van der Waals surface area contributed by atoms with Gasteiger partial charge in [-0.05, 0) is 25.7 Å². The van der Waals surface area contributed by atoms with Crippen molar-refractivity contribution in [1.82, 2.24) is 0 Å². The van der Waals surface area contributed by atoms with E-state index in [9.17, 15) is 5.11 Å². The van der Waals surface area contributed by atoms with Crippen molar-refractivity contribution >= 4 is 11.6 Å². The van der Waals surface area contributed by atoms with E-state index in [0.29, 0.717) is 5.88 Å². The second-order valence-electron chi connectivity index (χ2n) is 2.35. The second kappa shape index (κ2) is 7.10. The van der Waals surface area contributed by atoms with E-state index >= 15 is 0 Å². The molecule has 1 atom stereocenters. The van der Waals surface area contributed by atoms with Crippen LogP contribution >= 0.6 is 11.6 Å². The lowest BCUT2D eigenvalue weighted by Crippen LogP contribution is -2.05. The van der Waals surface area contributed by atoms with Gasteiger partial charge in [-0.3, -0.25) is 0 Å². The molecule has 0 heterocycles. The van der Waals surface area contributed by atoms with Crippen molar-refractivity contribution in [2.24, 2.45) is 0 Å². The molecule has 0 aliphatic heterocycles. The minimum atomic E-state index is -0.184.